The van der Waals surface area contributed by atoms with Crippen molar-refractivity contribution in [2.75, 3.05) is 0 Å². The summed E-state index contributed by atoms with van der Waals surface area (Å²) in [4.78, 5) is 10.5. The molecule has 2 nitrogen and oxygen atoms in total. The molecule has 1 atom stereocenters. The van der Waals surface area contributed by atoms with Gasteiger partial charge in [-0.05, 0) is 48.3 Å². The van der Waals surface area contributed by atoms with Crippen LogP contribution in [-0.2, 0) is 17.6 Å². The second kappa shape index (κ2) is 4.69. The molecule has 0 fully saturated rings. The lowest BCUT2D eigenvalue weighted by Gasteiger charge is -2.20. The van der Waals surface area contributed by atoms with Crippen LogP contribution in [-0.4, -0.2) is 11.4 Å². The van der Waals surface area contributed by atoms with Gasteiger partial charge in [0.1, 0.15) is 12.0 Å². The number of phenols is 1. The van der Waals surface area contributed by atoms with Crippen LogP contribution in [0.3, 0.4) is 0 Å². The summed E-state index contributed by atoms with van der Waals surface area (Å²) in [6.07, 6.45) is 5.83. The second-order valence-corrected chi connectivity index (χ2v) is 4.65. The van der Waals surface area contributed by atoms with Crippen LogP contribution in [0.5, 0.6) is 5.75 Å². The van der Waals surface area contributed by atoms with Gasteiger partial charge < -0.3 is 9.90 Å². The van der Waals surface area contributed by atoms with E-state index in [1.165, 1.54) is 12.0 Å². The summed E-state index contributed by atoms with van der Waals surface area (Å²) in [5.41, 5.74) is 3.32. The average Bonchev–Trinajstić information content (AvgIpc) is 2.30. The third-order valence-electron chi connectivity index (χ3n) is 3.51. The molecule has 0 spiro atoms. The molecule has 16 heavy (non-hydrogen) atoms. The van der Waals surface area contributed by atoms with E-state index >= 15 is 0 Å². The number of phenolic OH excluding ortho intramolecular Hbond substituents is 1. The van der Waals surface area contributed by atoms with Crippen molar-refractivity contribution >= 4 is 6.29 Å². The molecular formula is C14H18O2. The predicted octanol–water partition coefficient (Wildman–Crippen LogP) is 2.96. The van der Waals surface area contributed by atoms with E-state index in [-0.39, 0.29) is 5.92 Å². The summed E-state index contributed by atoms with van der Waals surface area (Å²) in [7, 11) is 0. The van der Waals surface area contributed by atoms with Gasteiger partial charge in [-0.2, -0.15) is 0 Å². The van der Waals surface area contributed by atoms with Gasteiger partial charge in [0.25, 0.3) is 0 Å². The van der Waals surface area contributed by atoms with Crippen molar-refractivity contribution in [3.63, 3.8) is 0 Å². The van der Waals surface area contributed by atoms with Crippen molar-refractivity contribution in [3.05, 3.63) is 28.8 Å². The zero-order valence-corrected chi connectivity index (χ0v) is 9.70. The number of carbonyl (C=O) groups is 1. The van der Waals surface area contributed by atoms with E-state index in [0.29, 0.717) is 12.2 Å². The predicted molar refractivity (Wildman–Crippen MR) is 63.8 cm³/mol. The molecule has 1 unspecified atom stereocenters. The van der Waals surface area contributed by atoms with Crippen LogP contribution < -0.4 is 0 Å². The van der Waals surface area contributed by atoms with Crippen LogP contribution in [0.1, 0.15) is 48.8 Å². The summed E-state index contributed by atoms with van der Waals surface area (Å²) in [5.74, 6) is 0.552. The molecule has 0 radical (unpaired) electrons. The van der Waals surface area contributed by atoms with Crippen molar-refractivity contribution in [1.82, 2.24) is 0 Å². The molecule has 0 amide bonds. The maximum Gasteiger partial charge on any atom is 0.122 e. The number of hydrogen-bond donors (Lipinski definition) is 1. The Morgan fingerprint density at radius 3 is 2.88 bits per heavy atom. The highest BCUT2D eigenvalue weighted by Crippen LogP contribution is 2.36. The summed E-state index contributed by atoms with van der Waals surface area (Å²) < 4.78 is 0. The molecular weight excluding hydrogens is 200 g/mol. The summed E-state index contributed by atoms with van der Waals surface area (Å²) in [5, 5.41) is 10.2. The lowest BCUT2D eigenvalue weighted by atomic mass is 9.86. The number of fused-ring (bicyclic) bond motifs is 1. The van der Waals surface area contributed by atoms with Crippen LogP contribution in [0, 0.1) is 0 Å². The fourth-order valence-electron chi connectivity index (χ4n) is 2.50. The van der Waals surface area contributed by atoms with Crippen molar-refractivity contribution in [2.24, 2.45) is 0 Å². The molecule has 0 aromatic heterocycles. The molecule has 0 saturated heterocycles. The quantitative estimate of drug-likeness (QED) is 0.792. The highest BCUT2D eigenvalue weighted by atomic mass is 16.3. The van der Waals surface area contributed by atoms with E-state index in [1.54, 1.807) is 0 Å². The van der Waals surface area contributed by atoms with Crippen LogP contribution in [0.4, 0.5) is 0 Å². The van der Waals surface area contributed by atoms with Crippen LogP contribution >= 0.6 is 0 Å². The Kier molecular flexibility index (Phi) is 3.28. The smallest absolute Gasteiger partial charge is 0.122 e. The van der Waals surface area contributed by atoms with E-state index in [9.17, 15) is 9.90 Å². The molecule has 0 saturated carbocycles. The summed E-state index contributed by atoms with van der Waals surface area (Å²) in [6, 6.07) is 4.10. The number of aldehydes is 1. The molecule has 1 aliphatic rings. The lowest BCUT2D eigenvalue weighted by molar-refractivity contribution is -0.108. The molecule has 0 aliphatic heterocycles. The highest BCUT2D eigenvalue weighted by Gasteiger charge is 2.18. The Labute approximate surface area is 96.3 Å². The largest absolute Gasteiger partial charge is 0.507 e. The SMILES string of the molecule is CC(CC=O)c1ccc2c(c1O)CCCC2. The number of aromatic hydroxyl groups is 1. The Hall–Kier alpha value is -1.31. The van der Waals surface area contributed by atoms with E-state index in [1.807, 2.05) is 13.0 Å². The van der Waals surface area contributed by atoms with Gasteiger partial charge >= 0.3 is 0 Å². The van der Waals surface area contributed by atoms with Gasteiger partial charge in [0, 0.05) is 6.42 Å². The maximum atomic E-state index is 10.5. The van der Waals surface area contributed by atoms with Gasteiger partial charge in [-0.15, -0.1) is 0 Å². The Balaban J connectivity index is 2.37. The average molecular weight is 218 g/mol. The van der Waals surface area contributed by atoms with Crippen molar-refractivity contribution in [1.29, 1.82) is 0 Å². The zero-order valence-electron chi connectivity index (χ0n) is 9.70. The van der Waals surface area contributed by atoms with Crippen LogP contribution in [0.2, 0.25) is 0 Å². The van der Waals surface area contributed by atoms with Crippen molar-refractivity contribution < 1.29 is 9.90 Å². The van der Waals surface area contributed by atoms with Gasteiger partial charge in [0.05, 0.1) is 0 Å². The fraction of sp³-hybridized carbons (Fsp3) is 0.500. The minimum atomic E-state index is 0.115. The fourth-order valence-corrected chi connectivity index (χ4v) is 2.50. The van der Waals surface area contributed by atoms with Crippen molar-refractivity contribution in [2.45, 2.75) is 44.9 Å². The first-order valence-corrected chi connectivity index (χ1v) is 6.01. The third kappa shape index (κ3) is 1.97. The lowest BCUT2D eigenvalue weighted by Crippen LogP contribution is -2.05. The van der Waals surface area contributed by atoms with E-state index < -0.39 is 0 Å². The van der Waals surface area contributed by atoms with Gasteiger partial charge in [0.15, 0.2) is 0 Å². The molecule has 2 rings (SSSR count). The second-order valence-electron chi connectivity index (χ2n) is 4.65. The molecule has 1 aliphatic carbocycles. The molecule has 0 bridgehead atoms. The Morgan fingerprint density at radius 1 is 1.38 bits per heavy atom. The molecule has 86 valence electrons. The standard InChI is InChI=1S/C14H18O2/c1-10(8-9-15)12-7-6-11-4-2-3-5-13(11)14(12)16/h6-7,9-10,16H,2-5,8H2,1H3. The minimum absolute atomic E-state index is 0.115. The zero-order chi connectivity index (χ0) is 11.5. The third-order valence-corrected chi connectivity index (χ3v) is 3.51. The van der Waals surface area contributed by atoms with Gasteiger partial charge in [-0.25, -0.2) is 0 Å². The topological polar surface area (TPSA) is 37.3 Å². The molecule has 1 aromatic rings. The number of rotatable bonds is 3. The van der Waals surface area contributed by atoms with Crippen molar-refractivity contribution in [3.8, 4) is 5.75 Å². The number of aryl methyl sites for hydroxylation is 1. The molecule has 0 heterocycles. The van der Waals surface area contributed by atoms with Gasteiger partial charge in [0.2, 0.25) is 0 Å². The van der Waals surface area contributed by atoms with E-state index in [2.05, 4.69) is 6.07 Å². The minimum Gasteiger partial charge on any atom is -0.507 e. The highest BCUT2D eigenvalue weighted by molar-refractivity contribution is 5.54. The Morgan fingerprint density at radius 2 is 2.12 bits per heavy atom. The monoisotopic (exact) mass is 218 g/mol. The van der Waals surface area contributed by atoms with E-state index in [0.717, 1.165) is 36.7 Å². The first-order valence-electron chi connectivity index (χ1n) is 6.01. The first-order chi connectivity index (χ1) is 7.74. The molecule has 2 heteroatoms. The number of carbonyl (C=O) groups excluding carboxylic acids is 1. The first kappa shape index (κ1) is 11.2. The molecule has 1 aromatic carbocycles. The molecule has 1 N–H and O–H groups in total. The normalized spacial score (nSPS) is 16.6. The summed E-state index contributed by atoms with van der Waals surface area (Å²) in [6.45, 7) is 1.98. The van der Waals surface area contributed by atoms with E-state index in [4.69, 9.17) is 0 Å². The summed E-state index contributed by atoms with van der Waals surface area (Å²) >= 11 is 0. The maximum absolute atomic E-state index is 10.5. The van der Waals surface area contributed by atoms with Gasteiger partial charge in [-0.3, -0.25) is 0 Å². The Bertz CT molecular complexity index is 396. The van der Waals surface area contributed by atoms with Crippen LogP contribution in [0.25, 0.3) is 0 Å². The van der Waals surface area contributed by atoms with Gasteiger partial charge in [-0.1, -0.05) is 19.1 Å². The number of hydrogen-bond acceptors (Lipinski definition) is 2. The number of benzene rings is 1. The van der Waals surface area contributed by atoms with Crippen LogP contribution in [0.15, 0.2) is 12.1 Å².